The first kappa shape index (κ1) is 15.3. The number of carbonyl (C=O) groups is 1. The van der Waals surface area contributed by atoms with Gasteiger partial charge in [0, 0.05) is 11.9 Å². The molecule has 1 heterocycles. The predicted octanol–water partition coefficient (Wildman–Crippen LogP) is 3.88. The molecule has 1 N–H and O–H groups in total. The Balaban J connectivity index is 1.89. The van der Waals surface area contributed by atoms with E-state index >= 15 is 0 Å². The molecule has 0 saturated heterocycles. The summed E-state index contributed by atoms with van der Waals surface area (Å²) >= 11 is 12.0. The van der Waals surface area contributed by atoms with E-state index in [1.165, 1.54) is 0 Å². The molecule has 1 saturated carbocycles. The van der Waals surface area contributed by atoms with Gasteiger partial charge in [0.2, 0.25) is 5.89 Å². The van der Waals surface area contributed by atoms with Gasteiger partial charge >= 0.3 is 0 Å². The molecule has 22 heavy (non-hydrogen) atoms. The highest BCUT2D eigenvalue weighted by molar-refractivity contribution is 6.36. The van der Waals surface area contributed by atoms with Crippen LogP contribution in [-0.4, -0.2) is 16.0 Å². The van der Waals surface area contributed by atoms with E-state index in [-0.39, 0.29) is 5.91 Å². The van der Waals surface area contributed by atoms with Crippen LogP contribution in [0.5, 0.6) is 0 Å². The number of hydrogen-bond donors (Lipinski definition) is 1. The third-order valence-corrected chi connectivity index (χ3v) is 4.49. The molecule has 1 aliphatic carbocycles. The van der Waals surface area contributed by atoms with E-state index in [1.54, 1.807) is 25.1 Å². The summed E-state index contributed by atoms with van der Waals surface area (Å²) in [5.41, 5.74) is -0.199. The first-order valence-corrected chi connectivity index (χ1v) is 7.84. The van der Waals surface area contributed by atoms with E-state index in [9.17, 15) is 4.79 Å². The monoisotopic (exact) mass is 339 g/mol. The molecular weight excluding hydrogens is 325 g/mol. The average molecular weight is 340 g/mol. The Kier molecular flexibility index (Phi) is 4.10. The van der Waals surface area contributed by atoms with Crippen LogP contribution in [-0.2, 0) is 5.54 Å². The normalized spacial score (nSPS) is 16.7. The maximum absolute atomic E-state index is 12.6. The molecule has 0 radical (unpaired) electrons. The summed E-state index contributed by atoms with van der Waals surface area (Å²) in [6.07, 6.45) is 3.57. The van der Waals surface area contributed by atoms with Crippen molar-refractivity contribution in [2.45, 2.75) is 38.1 Å². The van der Waals surface area contributed by atoms with E-state index in [1.807, 2.05) is 0 Å². The van der Waals surface area contributed by atoms with Gasteiger partial charge in [-0.1, -0.05) is 41.2 Å². The van der Waals surface area contributed by atoms with Gasteiger partial charge in [-0.3, -0.25) is 4.79 Å². The van der Waals surface area contributed by atoms with Crippen LogP contribution >= 0.6 is 23.2 Å². The zero-order chi connectivity index (χ0) is 15.7. The fourth-order valence-corrected chi connectivity index (χ4v) is 3.33. The first-order valence-electron chi connectivity index (χ1n) is 7.08. The molecule has 0 atom stereocenters. The van der Waals surface area contributed by atoms with Crippen LogP contribution in [0.2, 0.25) is 10.0 Å². The van der Waals surface area contributed by atoms with Crippen LogP contribution < -0.4 is 5.32 Å². The van der Waals surface area contributed by atoms with Crippen molar-refractivity contribution < 1.29 is 9.32 Å². The van der Waals surface area contributed by atoms with Crippen LogP contribution in [0.15, 0.2) is 22.7 Å². The molecular formula is C15H15Cl2N3O2. The molecule has 1 fully saturated rings. The number of aromatic nitrogens is 2. The van der Waals surface area contributed by atoms with Gasteiger partial charge in [0.05, 0.1) is 10.6 Å². The highest BCUT2D eigenvalue weighted by atomic mass is 35.5. The third kappa shape index (κ3) is 2.83. The number of hydrogen-bond acceptors (Lipinski definition) is 4. The van der Waals surface area contributed by atoms with Crippen LogP contribution in [0, 0.1) is 6.92 Å². The Morgan fingerprint density at radius 1 is 1.32 bits per heavy atom. The summed E-state index contributed by atoms with van der Waals surface area (Å²) in [6, 6.07) is 4.81. The Morgan fingerprint density at radius 2 is 2.05 bits per heavy atom. The summed E-state index contributed by atoms with van der Waals surface area (Å²) in [5, 5.41) is 7.86. The lowest BCUT2D eigenvalue weighted by Gasteiger charge is -2.27. The van der Waals surface area contributed by atoms with Gasteiger partial charge in [0.1, 0.15) is 5.54 Å². The molecule has 2 aromatic rings. The van der Waals surface area contributed by atoms with Gasteiger partial charge in [-0.2, -0.15) is 4.98 Å². The van der Waals surface area contributed by atoms with Gasteiger partial charge < -0.3 is 9.84 Å². The molecule has 5 nitrogen and oxygen atoms in total. The highest BCUT2D eigenvalue weighted by Crippen LogP contribution is 2.37. The fraction of sp³-hybridized carbons (Fsp3) is 0.400. The quantitative estimate of drug-likeness (QED) is 0.921. The van der Waals surface area contributed by atoms with Crippen LogP contribution in [0.4, 0.5) is 0 Å². The highest BCUT2D eigenvalue weighted by Gasteiger charge is 2.41. The van der Waals surface area contributed by atoms with Crippen LogP contribution in [0.1, 0.15) is 47.8 Å². The minimum atomic E-state index is -0.586. The summed E-state index contributed by atoms with van der Waals surface area (Å²) in [7, 11) is 0. The summed E-state index contributed by atoms with van der Waals surface area (Å²) in [4.78, 5) is 16.9. The third-order valence-electron chi connectivity index (χ3n) is 3.94. The fourth-order valence-electron chi connectivity index (χ4n) is 2.83. The number of carbonyl (C=O) groups excluding carboxylic acids is 1. The maximum Gasteiger partial charge on any atom is 0.253 e. The van der Waals surface area contributed by atoms with Gasteiger partial charge in [0.15, 0.2) is 5.82 Å². The van der Waals surface area contributed by atoms with Crippen molar-refractivity contribution in [3.8, 4) is 0 Å². The van der Waals surface area contributed by atoms with E-state index < -0.39 is 5.54 Å². The molecule has 0 spiro atoms. The molecule has 1 aromatic carbocycles. The Morgan fingerprint density at radius 3 is 2.64 bits per heavy atom. The number of aryl methyl sites for hydroxylation is 1. The zero-order valence-corrected chi connectivity index (χ0v) is 13.5. The Labute approximate surface area is 138 Å². The maximum atomic E-state index is 12.6. The van der Waals surface area contributed by atoms with Crippen LogP contribution in [0.3, 0.4) is 0 Å². The molecule has 0 bridgehead atoms. The molecule has 3 rings (SSSR count). The number of nitrogens with one attached hydrogen (secondary N) is 1. The average Bonchev–Trinajstić information content (AvgIpc) is 3.08. The molecule has 1 amide bonds. The SMILES string of the molecule is Cc1nc(C2(NC(=O)c3ccc(Cl)cc3Cl)CCCC2)no1. The summed E-state index contributed by atoms with van der Waals surface area (Å²) < 4.78 is 5.07. The van der Waals surface area contributed by atoms with Crippen molar-refractivity contribution in [2.24, 2.45) is 0 Å². The number of amides is 1. The second-order valence-corrected chi connectivity index (χ2v) is 6.35. The number of benzene rings is 1. The minimum absolute atomic E-state index is 0.258. The Hall–Kier alpha value is -1.59. The molecule has 0 aliphatic heterocycles. The second kappa shape index (κ2) is 5.89. The smallest absolute Gasteiger partial charge is 0.253 e. The van der Waals surface area contributed by atoms with Crippen LogP contribution in [0.25, 0.3) is 0 Å². The van der Waals surface area contributed by atoms with E-state index in [2.05, 4.69) is 15.5 Å². The van der Waals surface area contributed by atoms with Crippen molar-refractivity contribution >= 4 is 29.1 Å². The topological polar surface area (TPSA) is 68.0 Å². The standard InChI is InChI=1S/C15H15Cl2N3O2/c1-9-18-14(20-22-9)15(6-2-3-7-15)19-13(21)11-5-4-10(16)8-12(11)17/h4-5,8H,2-3,6-7H2,1H3,(H,19,21). The van der Waals surface area contributed by atoms with Crippen molar-refractivity contribution in [3.63, 3.8) is 0 Å². The van der Waals surface area contributed by atoms with Crippen molar-refractivity contribution in [3.05, 3.63) is 45.5 Å². The minimum Gasteiger partial charge on any atom is -0.340 e. The van der Waals surface area contributed by atoms with Gasteiger partial charge in [0.25, 0.3) is 5.91 Å². The van der Waals surface area contributed by atoms with Crippen molar-refractivity contribution in [1.82, 2.24) is 15.5 Å². The zero-order valence-electron chi connectivity index (χ0n) is 12.0. The molecule has 116 valence electrons. The van der Waals surface area contributed by atoms with Crippen molar-refractivity contribution in [1.29, 1.82) is 0 Å². The van der Waals surface area contributed by atoms with E-state index in [4.69, 9.17) is 27.7 Å². The molecule has 1 aliphatic rings. The summed E-state index contributed by atoms with van der Waals surface area (Å²) in [5.74, 6) is 0.756. The predicted molar refractivity (Wildman–Crippen MR) is 83.1 cm³/mol. The lowest BCUT2D eigenvalue weighted by Crippen LogP contribution is -2.44. The van der Waals surface area contributed by atoms with Gasteiger partial charge in [-0.15, -0.1) is 0 Å². The Bertz CT molecular complexity index is 709. The summed E-state index contributed by atoms with van der Waals surface area (Å²) in [6.45, 7) is 1.73. The van der Waals surface area contributed by atoms with Gasteiger partial charge in [-0.05, 0) is 31.0 Å². The number of halogens is 2. The van der Waals surface area contributed by atoms with E-state index in [0.29, 0.717) is 27.3 Å². The first-order chi connectivity index (χ1) is 10.5. The van der Waals surface area contributed by atoms with Gasteiger partial charge in [-0.25, -0.2) is 0 Å². The van der Waals surface area contributed by atoms with Crippen molar-refractivity contribution in [2.75, 3.05) is 0 Å². The molecule has 0 unspecified atom stereocenters. The number of nitrogens with zero attached hydrogens (tertiary/aromatic N) is 2. The van der Waals surface area contributed by atoms with E-state index in [0.717, 1.165) is 25.7 Å². The lowest BCUT2D eigenvalue weighted by atomic mass is 9.96. The lowest BCUT2D eigenvalue weighted by molar-refractivity contribution is 0.0892. The molecule has 7 heteroatoms. The number of rotatable bonds is 3. The molecule has 1 aromatic heterocycles. The second-order valence-electron chi connectivity index (χ2n) is 5.50. The largest absolute Gasteiger partial charge is 0.340 e.